The molecule has 1 aliphatic rings. The Morgan fingerprint density at radius 2 is 2.33 bits per heavy atom. The second-order valence-electron chi connectivity index (χ2n) is 4.37. The Morgan fingerprint density at radius 1 is 1.56 bits per heavy atom. The predicted molar refractivity (Wildman–Crippen MR) is 67.8 cm³/mol. The first kappa shape index (κ1) is 12.8. The van der Waals surface area contributed by atoms with E-state index in [1.165, 1.54) is 18.2 Å². The summed E-state index contributed by atoms with van der Waals surface area (Å²) in [5, 5.41) is 10.7. The molecule has 0 aliphatic carbocycles. The third-order valence-electron chi connectivity index (χ3n) is 3.10. The fraction of sp³-hybridized carbons (Fsp3) is 0.417. The van der Waals surface area contributed by atoms with Crippen molar-refractivity contribution in [2.45, 2.75) is 6.42 Å². The minimum Gasteiger partial charge on any atom is -0.338 e. The topological polar surface area (TPSA) is 63.4 Å². The summed E-state index contributed by atoms with van der Waals surface area (Å²) in [6.45, 7) is 1.30. The number of alkyl halides is 1. The van der Waals surface area contributed by atoms with Crippen molar-refractivity contribution in [1.29, 1.82) is 0 Å². The number of nitrogens with zero attached hydrogens (tertiary/aromatic N) is 2. The van der Waals surface area contributed by atoms with Gasteiger partial charge in [0.05, 0.1) is 4.92 Å². The van der Waals surface area contributed by atoms with E-state index < -0.39 is 4.92 Å². The van der Waals surface area contributed by atoms with Crippen LogP contribution in [0.15, 0.2) is 24.3 Å². The molecule has 1 fully saturated rings. The molecule has 1 aromatic carbocycles. The van der Waals surface area contributed by atoms with Crippen molar-refractivity contribution in [2.24, 2.45) is 5.92 Å². The molecular formula is C12H13ClN2O3. The van der Waals surface area contributed by atoms with Gasteiger partial charge in [-0.25, -0.2) is 0 Å². The van der Waals surface area contributed by atoms with E-state index >= 15 is 0 Å². The zero-order valence-corrected chi connectivity index (χ0v) is 10.5. The van der Waals surface area contributed by atoms with Crippen molar-refractivity contribution >= 4 is 23.2 Å². The molecule has 0 spiro atoms. The van der Waals surface area contributed by atoms with E-state index in [0.29, 0.717) is 30.5 Å². The second-order valence-corrected chi connectivity index (χ2v) is 4.68. The van der Waals surface area contributed by atoms with Crippen molar-refractivity contribution in [1.82, 2.24) is 4.90 Å². The summed E-state index contributed by atoms with van der Waals surface area (Å²) in [4.78, 5) is 24.0. The molecule has 6 heteroatoms. The van der Waals surface area contributed by atoms with Gasteiger partial charge < -0.3 is 4.90 Å². The van der Waals surface area contributed by atoms with Gasteiger partial charge in [-0.05, 0) is 18.4 Å². The van der Waals surface area contributed by atoms with Crippen LogP contribution in [-0.4, -0.2) is 34.7 Å². The average molecular weight is 269 g/mol. The lowest BCUT2D eigenvalue weighted by atomic mass is 10.1. The van der Waals surface area contributed by atoms with Crippen molar-refractivity contribution in [3.63, 3.8) is 0 Å². The van der Waals surface area contributed by atoms with Gasteiger partial charge in [-0.1, -0.05) is 6.07 Å². The summed E-state index contributed by atoms with van der Waals surface area (Å²) in [5.74, 6) is 0.708. The van der Waals surface area contributed by atoms with Gasteiger partial charge in [-0.3, -0.25) is 14.9 Å². The maximum absolute atomic E-state index is 12.1. The molecule has 1 atom stereocenters. The molecule has 1 saturated heterocycles. The highest BCUT2D eigenvalue weighted by atomic mass is 35.5. The van der Waals surface area contributed by atoms with E-state index in [4.69, 9.17) is 11.6 Å². The lowest BCUT2D eigenvalue weighted by Crippen LogP contribution is -2.28. The molecule has 1 amide bonds. The first-order valence-corrected chi connectivity index (χ1v) is 6.25. The highest BCUT2D eigenvalue weighted by Crippen LogP contribution is 2.21. The summed E-state index contributed by atoms with van der Waals surface area (Å²) in [6.07, 6.45) is 0.893. The van der Waals surface area contributed by atoms with Gasteiger partial charge in [-0.15, -0.1) is 11.6 Å². The van der Waals surface area contributed by atoms with Crippen LogP contribution in [0.4, 0.5) is 5.69 Å². The number of carbonyl (C=O) groups excluding carboxylic acids is 1. The Morgan fingerprint density at radius 3 is 2.94 bits per heavy atom. The highest BCUT2D eigenvalue weighted by Gasteiger charge is 2.26. The number of hydrogen-bond acceptors (Lipinski definition) is 3. The van der Waals surface area contributed by atoms with Crippen molar-refractivity contribution < 1.29 is 9.72 Å². The number of rotatable bonds is 3. The van der Waals surface area contributed by atoms with Gasteiger partial charge in [-0.2, -0.15) is 0 Å². The van der Waals surface area contributed by atoms with Crippen LogP contribution >= 0.6 is 11.6 Å². The first-order chi connectivity index (χ1) is 8.61. The summed E-state index contributed by atoms with van der Waals surface area (Å²) in [5.41, 5.74) is 0.299. The third kappa shape index (κ3) is 2.61. The van der Waals surface area contributed by atoms with Gasteiger partial charge in [0.2, 0.25) is 0 Å². The highest BCUT2D eigenvalue weighted by molar-refractivity contribution is 6.18. The van der Waals surface area contributed by atoms with Gasteiger partial charge in [0, 0.05) is 36.7 Å². The molecule has 0 saturated carbocycles. The summed E-state index contributed by atoms with van der Waals surface area (Å²) in [6, 6.07) is 5.82. The number of non-ortho nitro benzene ring substituents is 1. The summed E-state index contributed by atoms with van der Waals surface area (Å²) >= 11 is 5.76. The zero-order valence-electron chi connectivity index (χ0n) is 9.71. The lowest BCUT2D eigenvalue weighted by Gasteiger charge is -2.15. The Hall–Kier alpha value is -1.62. The molecule has 96 valence electrons. The monoisotopic (exact) mass is 268 g/mol. The SMILES string of the molecule is O=C(c1cccc([N+](=O)[O-])c1)N1CCC(CCl)C1. The van der Waals surface area contributed by atoms with Crippen LogP contribution in [0.5, 0.6) is 0 Å². The van der Waals surface area contributed by atoms with Gasteiger partial charge >= 0.3 is 0 Å². The van der Waals surface area contributed by atoms with E-state index in [0.717, 1.165) is 6.42 Å². The van der Waals surface area contributed by atoms with Crippen LogP contribution in [0.25, 0.3) is 0 Å². The predicted octanol–water partition coefficient (Wildman–Crippen LogP) is 2.30. The van der Waals surface area contributed by atoms with E-state index in [-0.39, 0.29) is 11.6 Å². The molecular weight excluding hydrogens is 256 g/mol. The molecule has 0 bridgehead atoms. The fourth-order valence-corrected chi connectivity index (χ4v) is 2.33. The smallest absolute Gasteiger partial charge is 0.270 e. The molecule has 0 radical (unpaired) electrons. The van der Waals surface area contributed by atoms with E-state index in [9.17, 15) is 14.9 Å². The number of benzene rings is 1. The van der Waals surface area contributed by atoms with Crippen LogP contribution in [0.2, 0.25) is 0 Å². The quantitative estimate of drug-likeness (QED) is 0.480. The van der Waals surface area contributed by atoms with E-state index in [1.807, 2.05) is 0 Å². The first-order valence-electron chi connectivity index (χ1n) is 5.71. The van der Waals surface area contributed by atoms with Crippen LogP contribution in [0.3, 0.4) is 0 Å². The molecule has 1 heterocycles. The van der Waals surface area contributed by atoms with Gasteiger partial charge in [0.1, 0.15) is 0 Å². The summed E-state index contributed by atoms with van der Waals surface area (Å²) in [7, 11) is 0. The van der Waals surface area contributed by atoms with E-state index in [2.05, 4.69) is 0 Å². The van der Waals surface area contributed by atoms with Gasteiger partial charge in [0.15, 0.2) is 0 Å². The number of nitro benzene ring substituents is 1. The van der Waals surface area contributed by atoms with E-state index in [1.54, 1.807) is 11.0 Å². The standard InChI is InChI=1S/C12H13ClN2O3/c13-7-9-4-5-14(8-9)12(16)10-2-1-3-11(6-10)15(17)18/h1-3,6,9H,4-5,7-8H2. The van der Waals surface area contributed by atoms with Crippen LogP contribution in [0, 0.1) is 16.0 Å². The maximum Gasteiger partial charge on any atom is 0.270 e. The lowest BCUT2D eigenvalue weighted by molar-refractivity contribution is -0.384. The molecule has 1 unspecified atom stereocenters. The molecule has 5 nitrogen and oxygen atoms in total. The van der Waals surface area contributed by atoms with Crippen molar-refractivity contribution in [3.8, 4) is 0 Å². The fourth-order valence-electron chi connectivity index (χ4n) is 2.08. The maximum atomic E-state index is 12.1. The Balaban J connectivity index is 2.14. The average Bonchev–Trinajstić information content (AvgIpc) is 2.86. The van der Waals surface area contributed by atoms with Crippen molar-refractivity contribution in [3.05, 3.63) is 39.9 Å². The van der Waals surface area contributed by atoms with Crippen LogP contribution in [0.1, 0.15) is 16.8 Å². The zero-order chi connectivity index (χ0) is 13.1. The molecule has 18 heavy (non-hydrogen) atoms. The number of amides is 1. The molecule has 1 aromatic rings. The normalized spacial score (nSPS) is 18.9. The number of hydrogen-bond donors (Lipinski definition) is 0. The number of nitro groups is 1. The van der Waals surface area contributed by atoms with Crippen LogP contribution in [-0.2, 0) is 0 Å². The van der Waals surface area contributed by atoms with Gasteiger partial charge in [0.25, 0.3) is 11.6 Å². The number of likely N-dealkylation sites (tertiary alicyclic amines) is 1. The third-order valence-corrected chi connectivity index (χ3v) is 3.53. The second kappa shape index (κ2) is 5.35. The Labute approximate surface area is 109 Å². The Kier molecular flexibility index (Phi) is 3.81. The molecule has 1 aliphatic heterocycles. The minimum atomic E-state index is -0.498. The summed E-state index contributed by atoms with van der Waals surface area (Å²) < 4.78 is 0. The van der Waals surface area contributed by atoms with Crippen LogP contribution < -0.4 is 0 Å². The van der Waals surface area contributed by atoms with Crippen molar-refractivity contribution in [2.75, 3.05) is 19.0 Å². The number of halogens is 1. The largest absolute Gasteiger partial charge is 0.338 e. The minimum absolute atomic E-state index is 0.0612. The molecule has 2 rings (SSSR count). The number of carbonyl (C=O) groups is 1. The molecule has 0 aromatic heterocycles. The Bertz CT molecular complexity index is 478. The molecule has 0 N–H and O–H groups in total.